The second-order valence-corrected chi connectivity index (χ2v) is 8.59. The number of hydrogen-bond acceptors (Lipinski definition) is 4. The molecule has 0 aliphatic rings. The van der Waals surface area contributed by atoms with Crippen molar-refractivity contribution in [3.63, 3.8) is 0 Å². The summed E-state index contributed by atoms with van der Waals surface area (Å²) in [6, 6.07) is 8.05. The van der Waals surface area contributed by atoms with Crippen LogP contribution >= 0.6 is 23.4 Å². The molecule has 0 spiro atoms. The number of hydrogen-bond donors (Lipinski definition) is 0. The maximum atomic E-state index is 12.4. The number of benzene rings is 1. The van der Waals surface area contributed by atoms with Crippen LogP contribution in [0.5, 0.6) is 5.75 Å². The lowest BCUT2D eigenvalue weighted by atomic mass is 10.1. The van der Waals surface area contributed by atoms with Crippen molar-refractivity contribution in [2.45, 2.75) is 63.1 Å². The van der Waals surface area contributed by atoms with Crippen molar-refractivity contribution in [2.75, 3.05) is 6.61 Å². The Hall–Kier alpha value is -1.46. The summed E-state index contributed by atoms with van der Waals surface area (Å²) in [4.78, 5) is 13.1. The van der Waals surface area contributed by atoms with E-state index >= 15 is 0 Å². The maximum Gasteiger partial charge on any atom is 0.287 e. The average molecular weight is 395 g/mol. The predicted molar refractivity (Wildman–Crippen MR) is 110 cm³/mol. The normalized spacial score (nSPS) is 11.6. The topological polar surface area (TPSA) is 44.1 Å². The zero-order valence-electron chi connectivity index (χ0n) is 15.9. The van der Waals surface area contributed by atoms with Crippen LogP contribution in [0.25, 0.3) is 0 Å². The van der Waals surface area contributed by atoms with Crippen LogP contribution in [-0.2, 0) is 11.3 Å². The molecule has 0 bridgehead atoms. The number of halogens is 1. The fourth-order valence-corrected chi connectivity index (χ4v) is 3.52. The largest absolute Gasteiger partial charge is 0.494 e. The van der Waals surface area contributed by atoms with Gasteiger partial charge in [0, 0.05) is 5.75 Å². The van der Waals surface area contributed by atoms with Gasteiger partial charge in [-0.05, 0) is 44.9 Å². The molecule has 6 heteroatoms. The Kier molecular flexibility index (Phi) is 7.59. The van der Waals surface area contributed by atoms with Crippen molar-refractivity contribution in [1.82, 2.24) is 9.78 Å². The first kappa shape index (κ1) is 20.8. The van der Waals surface area contributed by atoms with Crippen molar-refractivity contribution >= 4 is 23.4 Å². The van der Waals surface area contributed by atoms with Gasteiger partial charge >= 0.3 is 0 Å². The molecule has 0 N–H and O–H groups in total. The molecular weight excluding hydrogens is 368 g/mol. The van der Waals surface area contributed by atoms with Gasteiger partial charge in [-0.25, -0.2) is 4.68 Å². The van der Waals surface area contributed by atoms with Crippen LogP contribution in [0.4, 0.5) is 0 Å². The van der Waals surface area contributed by atoms with E-state index in [0.717, 1.165) is 30.1 Å². The number of thioether (sulfide) groups is 1. The van der Waals surface area contributed by atoms with E-state index in [4.69, 9.17) is 16.3 Å². The number of rotatable bonds is 8. The molecule has 2 rings (SSSR count). The Labute approximate surface area is 164 Å². The number of aromatic nitrogens is 2. The molecule has 1 aromatic carbocycles. The van der Waals surface area contributed by atoms with E-state index in [0.29, 0.717) is 4.90 Å². The summed E-state index contributed by atoms with van der Waals surface area (Å²) in [6.45, 7) is 8.72. The fourth-order valence-electron chi connectivity index (χ4n) is 2.38. The van der Waals surface area contributed by atoms with Crippen LogP contribution in [0.15, 0.2) is 40.2 Å². The molecule has 0 saturated carbocycles. The van der Waals surface area contributed by atoms with Crippen molar-refractivity contribution < 1.29 is 4.74 Å². The zero-order chi connectivity index (χ0) is 19.2. The van der Waals surface area contributed by atoms with E-state index in [1.165, 1.54) is 29.3 Å². The van der Waals surface area contributed by atoms with Crippen LogP contribution in [0.1, 0.15) is 52.5 Å². The quantitative estimate of drug-likeness (QED) is 0.437. The molecule has 0 amide bonds. The number of nitrogens with zero attached hydrogens (tertiary/aromatic N) is 2. The van der Waals surface area contributed by atoms with Crippen LogP contribution in [0, 0.1) is 0 Å². The van der Waals surface area contributed by atoms with Crippen molar-refractivity contribution in [2.24, 2.45) is 0 Å². The molecule has 142 valence electrons. The zero-order valence-corrected chi connectivity index (χ0v) is 17.5. The summed E-state index contributed by atoms with van der Waals surface area (Å²) in [5.74, 6) is 1.61. The Morgan fingerprint density at radius 2 is 1.88 bits per heavy atom. The van der Waals surface area contributed by atoms with E-state index in [9.17, 15) is 4.79 Å². The minimum Gasteiger partial charge on any atom is -0.494 e. The molecule has 1 aromatic heterocycles. The van der Waals surface area contributed by atoms with Crippen molar-refractivity contribution in [3.05, 3.63) is 51.4 Å². The molecule has 0 aliphatic carbocycles. The molecule has 2 aromatic rings. The summed E-state index contributed by atoms with van der Waals surface area (Å²) < 4.78 is 7.14. The highest BCUT2D eigenvalue weighted by Crippen LogP contribution is 2.28. The first-order chi connectivity index (χ1) is 12.3. The lowest BCUT2D eigenvalue weighted by Gasteiger charge is -2.21. The van der Waals surface area contributed by atoms with Gasteiger partial charge in [-0.3, -0.25) is 4.79 Å². The van der Waals surface area contributed by atoms with Crippen LogP contribution in [0.2, 0.25) is 5.02 Å². The van der Waals surface area contributed by atoms with Gasteiger partial charge in [-0.15, -0.1) is 11.8 Å². The molecule has 0 aliphatic heterocycles. The van der Waals surface area contributed by atoms with Crippen LogP contribution in [-0.4, -0.2) is 16.4 Å². The molecule has 0 unspecified atom stereocenters. The van der Waals surface area contributed by atoms with Gasteiger partial charge in [0.05, 0.1) is 23.2 Å². The highest BCUT2D eigenvalue weighted by molar-refractivity contribution is 7.98. The van der Waals surface area contributed by atoms with Gasteiger partial charge in [-0.2, -0.15) is 5.10 Å². The van der Waals surface area contributed by atoms with E-state index < -0.39 is 5.54 Å². The first-order valence-electron chi connectivity index (χ1n) is 8.95. The highest BCUT2D eigenvalue weighted by Gasteiger charge is 2.19. The van der Waals surface area contributed by atoms with Crippen LogP contribution in [0.3, 0.4) is 0 Å². The minimum atomic E-state index is -0.392. The van der Waals surface area contributed by atoms with Gasteiger partial charge in [0.25, 0.3) is 5.56 Å². The van der Waals surface area contributed by atoms with Crippen LogP contribution < -0.4 is 10.3 Å². The van der Waals surface area contributed by atoms with E-state index in [2.05, 4.69) is 12.0 Å². The molecule has 0 fully saturated rings. The minimum absolute atomic E-state index is 0.232. The van der Waals surface area contributed by atoms with Gasteiger partial charge < -0.3 is 4.74 Å². The van der Waals surface area contributed by atoms with Gasteiger partial charge in [-0.1, -0.05) is 43.5 Å². The molecule has 26 heavy (non-hydrogen) atoms. The maximum absolute atomic E-state index is 12.4. The summed E-state index contributed by atoms with van der Waals surface area (Å²) in [5, 5.41) is 4.50. The summed E-state index contributed by atoms with van der Waals surface area (Å²) in [7, 11) is 0. The molecular formula is C20H27ClN2O2S. The summed E-state index contributed by atoms with van der Waals surface area (Å²) >= 11 is 7.78. The molecule has 4 nitrogen and oxygen atoms in total. The standard InChI is InChI=1S/C20H27ClN2O2S/c1-5-6-7-12-25-16-10-8-15(9-11-16)14-26-17-13-22-23(20(2,3)4)19(24)18(17)21/h8-11,13H,5-7,12,14H2,1-4H3. The van der Waals surface area contributed by atoms with Gasteiger partial charge in [0.15, 0.2) is 0 Å². The Bertz CT molecular complexity index is 767. The fraction of sp³-hybridized carbons (Fsp3) is 0.500. The Morgan fingerprint density at radius 1 is 1.19 bits per heavy atom. The SMILES string of the molecule is CCCCCOc1ccc(CSc2cnn(C(C)(C)C)c(=O)c2Cl)cc1. The predicted octanol–water partition coefficient (Wildman–Crippen LogP) is 5.51. The second-order valence-electron chi connectivity index (χ2n) is 7.20. The molecule has 1 heterocycles. The number of unbranched alkanes of at least 4 members (excludes halogenated alkanes) is 2. The third-order valence-corrected chi connectivity index (χ3v) is 5.43. The van der Waals surface area contributed by atoms with Crippen molar-refractivity contribution in [3.8, 4) is 5.75 Å². The highest BCUT2D eigenvalue weighted by atomic mass is 35.5. The van der Waals surface area contributed by atoms with E-state index in [-0.39, 0.29) is 10.6 Å². The first-order valence-corrected chi connectivity index (χ1v) is 10.3. The van der Waals surface area contributed by atoms with Gasteiger partial charge in [0.1, 0.15) is 10.8 Å². The lowest BCUT2D eigenvalue weighted by Crippen LogP contribution is -2.36. The lowest BCUT2D eigenvalue weighted by molar-refractivity contribution is 0.306. The molecule has 0 saturated heterocycles. The third kappa shape index (κ3) is 5.78. The second kappa shape index (κ2) is 9.47. The smallest absolute Gasteiger partial charge is 0.287 e. The van der Waals surface area contributed by atoms with E-state index in [1.807, 2.05) is 45.0 Å². The van der Waals surface area contributed by atoms with E-state index in [1.54, 1.807) is 6.20 Å². The third-order valence-electron chi connectivity index (χ3n) is 3.86. The average Bonchev–Trinajstić information content (AvgIpc) is 2.60. The van der Waals surface area contributed by atoms with Gasteiger partial charge in [0.2, 0.25) is 0 Å². The Balaban J connectivity index is 1.97. The summed E-state index contributed by atoms with van der Waals surface area (Å²) in [5.41, 5.74) is 0.503. The number of ether oxygens (including phenoxy) is 1. The molecule has 0 radical (unpaired) electrons. The molecule has 0 atom stereocenters. The Morgan fingerprint density at radius 3 is 2.50 bits per heavy atom. The summed E-state index contributed by atoms with van der Waals surface area (Å²) in [6.07, 6.45) is 5.14. The monoisotopic (exact) mass is 394 g/mol. The van der Waals surface area contributed by atoms with Crippen molar-refractivity contribution in [1.29, 1.82) is 0 Å².